The zero-order valence-electron chi connectivity index (χ0n) is 7.26. The molecule has 0 unspecified atom stereocenters. The van der Waals surface area contributed by atoms with Gasteiger partial charge in [-0.15, -0.1) is 0 Å². The monoisotopic (exact) mass is 181 g/mol. The fourth-order valence-electron chi connectivity index (χ4n) is 1.77. The molecule has 0 radical (unpaired) electrons. The molecular formula is C10H12FNO. The first kappa shape index (κ1) is 8.66. The fourth-order valence-corrected chi connectivity index (χ4v) is 1.77. The van der Waals surface area contributed by atoms with Gasteiger partial charge in [0.05, 0.1) is 12.6 Å². The molecule has 13 heavy (non-hydrogen) atoms. The molecule has 0 saturated heterocycles. The minimum absolute atomic E-state index is 0.0243. The van der Waals surface area contributed by atoms with Crippen LogP contribution >= 0.6 is 0 Å². The lowest BCUT2D eigenvalue weighted by atomic mass is 9.95. The second kappa shape index (κ2) is 3.44. The highest BCUT2D eigenvalue weighted by Crippen LogP contribution is 2.22. The maximum Gasteiger partial charge on any atom is 0.123 e. The van der Waals surface area contributed by atoms with E-state index in [1.54, 1.807) is 6.07 Å². The predicted molar refractivity (Wildman–Crippen MR) is 47.9 cm³/mol. The molecule has 2 rings (SSSR count). The lowest BCUT2D eigenvalue weighted by Crippen LogP contribution is -2.32. The van der Waals surface area contributed by atoms with Crippen LogP contribution in [-0.4, -0.2) is 18.3 Å². The number of hydrogen-bond donors (Lipinski definition) is 2. The van der Waals surface area contributed by atoms with Crippen LogP contribution in [-0.2, 0) is 6.42 Å². The Morgan fingerprint density at radius 3 is 3.15 bits per heavy atom. The first-order valence-electron chi connectivity index (χ1n) is 4.44. The highest BCUT2D eigenvalue weighted by atomic mass is 19.1. The first-order valence-corrected chi connectivity index (χ1v) is 4.44. The Labute approximate surface area is 76.4 Å². The molecule has 1 heterocycles. The normalized spacial score (nSPS) is 21.2. The minimum atomic E-state index is -0.235. The van der Waals surface area contributed by atoms with E-state index in [0.717, 1.165) is 24.1 Å². The van der Waals surface area contributed by atoms with Crippen molar-refractivity contribution in [1.82, 2.24) is 5.32 Å². The average Bonchev–Trinajstić information content (AvgIpc) is 2.17. The molecule has 1 aromatic carbocycles. The highest BCUT2D eigenvalue weighted by Gasteiger charge is 2.18. The molecule has 0 saturated carbocycles. The molecular weight excluding hydrogens is 169 g/mol. The lowest BCUT2D eigenvalue weighted by Gasteiger charge is -2.25. The van der Waals surface area contributed by atoms with Crippen LogP contribution in [0.3, 0.4) is 0 Å². The van der Waals surface area contributed by atoms with Crippen LogP contribution in [0.25, 0.3) is 0 Å². The van der Waals surface area contributed by atoms with Gasteiger partial charge in [0.15, 0.2) is 0 Å². The van der Waals surface area contributed by atoms with Gasteiger partial charge in [0.2, 0.25) is 0 Å². The number of aliphatic hydroxyl groups excluding tert-OH is 1. The Kier molecular flexibility index (Phi) is 2.29. The summed E-state index contributed by atoms with van der Waals surface area (Å²) in [5.41, 5.74) is 2.04. The Hall–Kier alpha value is -0.930. The van der Waals surface area contributed by atoms with Crippen LogP contribution in [0.2, 0.25) is 0 Å². The molecule has 70 valence electrons. The van der Waals surface area contributed by atoms with Crippen molar-refractivity contribution in [1.29, 1.82) is 0 Å². The molecule has 0 aromatic heterocycles. The van der Waals surface area contributed by atoms with E-state index in [1.165, 1.54) is 12.1 Å². The SMILES string of the molecule is OC[C@@H]1NCCc2ccc(F)cc21. The Morgan fingerprint density at radius 2 is 2.38 bits per heavy atom. The third-order valence-electron chi connectivity index (χ3n) is 2.45. The Bertz CT molecular complexity index is 314. The molecule has 2 N–H and O–H groups in total. The van der Waals surface area contributed by atoms with E-state index in [1.807, 2.05) is 0 Å². The molecule has 1 aliphatic heterocycles. The van der Waals surface area contributed by atoms with Gasteiger partial charge in [-0.05, 0) is 36.2 Å². The van der Waals surface area contributed by atoms with Gasteiger partial charge >= 0.3 is 0 Å². The molecule has 1 atom stereocenters. The fraction of sp³-hybridized carbons (Fsp3) is 0.400. The van der Waals surface area contributed by atoms with Crippen LogP contribution in [0.15, 0.2) is 18.2 Å². The number of fused-ring (bicyclic) bond motifs is 1. The topological polar surface area (TPSA) is 32.3 Å². The van der Waals surface area contributed by atoms with Crippen molar-refractivity contribution in [2.45, 2.75) is 12.5 Å². The standard InChI is InChI=1S/C10H12FNO/c11-8-2-1-7-3-4-12-10(6-13)9(7)5-8/h1-2,5,10,12-13H,3-4,6H2/t10-/m0/s1. The lowest BCUT2D eigenvalue weighted by molar-refractivity contribution is 0.240. The first-order chi connectivity index (χ1) is 6.31. The summed E-state index contributed by atoms with van der Waals surface area (Å²) in [6.07, 6.45) is 0.909. The average molecular weight is 181 g/mol. The molecule has 1 aromatic rings. The molecule has 0 amide bonds. The quantitative estimate of drug-likeness (QED) is 0.677. The van der Waals surface area contributed by atoms with Gasteiger partial charge in [-0.25, -0.2) is 4.39 Å². The van der Waals surface area contributed by atoms with Crippen molar-refractivity contribution in [2.24, 2.45) is 0 Å². The van der Waals surface area contributed by atoms with E-state index in [4.69, 9.17) is 5.11 Å². The van der Waals surface area contributed by atoms with E-state index >= 15 is 0 Å². The summed E-state index contributed by atoms with van der Waals surface area (Å²) < 4.78 is 12.9. The summed E-state index contributed by atoms with van der Waals surface area (Å²) in [7, 11) is 0. The number of aliphatic hydroxyl groups is 1. The van der Waals surface area contributed by atoms with Gasteiger partial charge in [0.25, 0.3) is 0 Å². The van der Waals surface area contributed by atoms with Gasteiger partial charge in [0.1, 0.15) is 5.82 Å². The van der Waals surface area contributed by atoms with Crippen molar-refractivity contribution in [2.75, 3.05) is 13.2 Å². The van der Waals surface area contributed by atoms with Crippen LogP contribution in [0.1, 0.15) is 17.2 Å². The summed E-state index contributed by atoms with van der Waals surface area (Å²) in [6.45, 7) is 0.875. The zero-order valence-corrected chi connectivity index (χ0v) is 7.26. The zero-order chi connectivity index (χ0) is 9.26. The third kappa shape index (κ3) is 1.57. The maximum absolute atomic E-state index is 12.9. The van der Waals surface area contributed by atoms with Gasteiger partial charge in [-0.3, -0.25) is 0 Å². The van der Waals surface area contributed by atoms with Crippen LogP contribution in [0.4, 0.5) is 4.39 Å². The van der Waals surface area contributed by atoms with Gasteiger partial charge in [-0.1, -0.05) is 6.07 Å². The second-order valence-electron chi connectivity index (χ2n) is 3.28. The van der Waals surface area contributed by atoms with Crippen molar-refractivity contribution < 1.29 is 9.50 Å². The molecule has 2 nitrogen and oxygen atoms in total. The van der Waals surface area contributed by atoms with Gasteiger partial charge in [-0.2, -0.15) is 0 Å². The number of benzene rings is 1. The molecule has 1 aliphatic rings. The Morgan fingerprint density at radius 1 is 1.54 bits per heavy atom. The van der Waals surface area contributed by atoms with E-state index in [2.05, 4.69) is 5.32 Å². The van der Waals surface area contributed by atoms with Crippen molar-refractivity contribution in [3.05, 3.63) is 35.1 Å². The summed E-state index contributed by atoms with van der Waals surface area (Å²) in [6, 6.07) is 4.68. The summed E-state index contributed by atoms with van der Waals surface area (Å²) in [4.78, 5) is 0. The van der Waals surface area contributed by atoms with E-state index in [0.29, 0.717) is 0 Å². The largest absolute Gasteiger partial charge is 0.394 e. The number of hydrogen-bond acceptors (Lipinski definition) is 2. The highest BCUT2D eigenvalue weighted by molar-refractivity contribution is 5.33. The van der Waals surface area contributed by atoms with Gasteiger partial charge < -0.3 is 10.4 Å². The molecule has 0 spiro atoms. The van der Waals surface area contributed by atoms with E-state index in [-0.39, 0.29) is 18.5 Å². The predicted octanol–water partition coefficient (Wildman–Crippen LogP) is 1.00. The van der Waals surface area contributed by atoms with E-state index < -0.39 is 0 Å². The number of nitrogens with one attached hydrogen (secondary N) is 1. The molecule has 0 bridgehead atoms. The summed E-state index contributed by atoms with van der Waals surface area (Å²) >= 11 is 0. The third-order valence-corrected chi connectivity index (χ3v) is 2.45. The van der Waals surface area contributed by atoms with E-state index in [9.17, 15) is 4.39 Å². The summed E-state index contributed by atoms with van der Waals surface area (Å²) in [5, 5.41) is 12.2. The van der Waals surface area contributed by atoms with Crippen LogP contribution in [0, 0.1) is 5.82 Å². The van der Waals surface area contributed by atoms with Crippen molar-refractivity contribution in [3.8, 4) is 0 Å². The number of rotatable bonds is 1. The van der Waals surface area contributed by atoms with Crippen LogP contribution in [0.5, 0.6) is 0 Å². The minimum Gasteiger partial charge on any atom is -0.394 e. The molecule has 0 aliphatic carbocycles. The van der Waals surface area contributed by atoms with Crippen LogP contribution < -0.4 is 5.32 Å². The van der Waals surface area contributed by atoms with Crippen molar-refractivity contribution in [3.63, 3.8) is 0 Å². The second-order valence-corrected chi connectivity index (χ2v) is 3.28. The summed E-state index contributed by atoms with van der Waals surface area (Å²) in [5.74, 6) is -0.235. The number of halogens is 1. The van der Waals surface area contributed by atoms with Crippen molar-refractivity contribution >= 4 is 0 Å². The maximum atomic E-state index is 12.9. The van der Waals surface area contributed by atoms with Gasteiger partial charge in [0, 0.05) is 0 Å². The molecule has 0 fully saturated rings. The molecule has 3 heteroatoms. The smallest absolute Gasteiger partial charge is 0.123 e. The Balaban J connectivity index is 2.41.